The summed E-state index contributed by atoms with van der Waals surface area (Å²) in [6.07, 6.45) is 0. The summed E-state index contributed by atoms with van der Waals surface area (Å²) in [7, 11) is 0. The van der Waals surface area contributed by atoms with E-state index < -0.39 is 0 Å². The van der Waals surface area contributed by atoms with Crippen LogP contribution in [0.25, 0.3) is 0 Å². The van der Waals surface area contributed by atoms with Crippen LogP contribution in [0.15, 0.2) is 42.5 Å². The maximum atomic E-state index is 3.69. The molecule has 0 bridgehead atoms. The Kier molecular flexibility index (Phi) is 3.96. The summed E-state index contributed by atoms with van der Waals surface area (Å²) < 4.78 is 0. The van der Waals surface area contributed by atoms with Gasteiger partial charge in [-0.2, -0.15) is 0 Å². The zero-order valence-electron chi connectivity index (χ0n) is 14.1. The van der Waals surface area contributed by atoms with Crippen LogP contribution in [0.3, 0.4) is 0 Å². The number of fused-ring (bicyclic) bond motifs is 1. The Morgan fingerprint density at radius 1 is 1.05 bits per heavy atom. The van der Waals surface area contributed by atoms with Gasteiger partial charge in [0.25, 0.3) is 0 Å². The second-order valence-electron chi connectivity index (χ2n) is 7.21. The van der Waals surface area contributed by atoms with Crippen LogP contribution in [0.4, 0.5) is 5.69 Å². The van der Waals surface area contributed by atoms with Gasteiger partial charge >= 0.3 is 0 Å². The molecule has 2 heteroatoms. The fourth-order valence-corrected chi connectivity index (χ4v) is 3.29. The van der Waals surface area contributed by atoms with E-state index in [1.807, 2.05) is 0 Å². The first-order chi connectivity index (χ1) is 10.4. The van der Waals surface area contributed by atoms with Crippen molar-refractivity contribution in [3.05, 3.63) is 64.7 Å². The smallest absolute Gasteiger partial charge is 0.0430 e. The molecule has 0 atom stereocenters. The molecule has 0 unspecified atom stereocenters. The highest BCUT2D eigenvalue weighted by Crippen LogP contribution is 2.29. The molecule has 1 heterocycles. The number of hydrogen-bond acceptors (Lipinski definition) is 2. The predicted molar refractivity (Wildman–Crippen MR) is 94.3 cm³/mol. The average Bonchev–Trinajstić information content (AvgIpc) is 2.56. The van der Waals surface area contributed by atoms with Crippen LogP contribution in [0, 0.1) is 13.8 Å². The Morgan fingerprint density at radius 2 is 1.82 bits per heavy atom. The molecule has 0 amide bonds. The third-order valence-corrected chi connectivity index (χ3v) is 4.38. The molecule has 2 nitrogen and oxygen atoms in total. The van der Waals surface area contributed by atoms with Crippen LogP contribution in [0.1, 0.15) is 36.1 Å². The van der Waals surface area contributed by atoms with Crippen LogP contribution < -0.4 is 10.2 Å². The van der Waals surface area contributed by atoms with Crippen molar-refractivity contribution >= 4 is 5.69 Å². The number of benzene rings is 2. The Balaban J connectivity index is 1.96. The lowest BCUT2D eigenvalue weighted by atomic mass is 10.0. The van der Waals surface area contributed by atoms with Crippen LogP contribution in [0.5, 0.6) is 0 Å². The van der Waals surface area contributed by atoms with E-state index in [1.54, 1.807) is 0 Å². The number of hydrogen-bond donors (Lipinski definition) is 1. The van der Waals surface area contributed by atoms with Crippen molar-refractivity contribution in [1.29, 1.82) is 0 Å². The lowest BCUT2D eigenvalue weighted by Gasteiger charge is -2.32. The molecule has 0 radical (unpaired) electrons. The molecule has 2 aromatic carbocycles. The number of rotatable bonds is 2. The third-order valence-electron chi connectivity index (χ3n) is 4.38. The largest absolute Gasteiger partial charge is 0.365 e. The number of aryl methyl sites for hydroxylation is 2. The zero-order valence-corrected chi connectivity index (χ0v) is 14.1. The second kappa shape index (κ2) is 5.77. The molecule has 0 saturated heterocycles. The molecule has 0 aromatic heterocycles. The number of anilines is 1. The molecule has 2 aromatic rings. The second-order valence-corrected chi connectivity index (χ2v) is 7.21. The van der Waals surface area contributed by atoms with Gasteiger partial charge in [-0.1, -0.05) is 47.5 Å². The van der Waals surface area contributed by atoms with E-state index in [0.717, 1.165) is 19.6 Å². The maximum Gasteiger partial charge on any atom is 0.0430 e. The molecule has 1 aliphatic heterocycles. The normalized spacial score (nSPS) is 17.0. The molecule has 0 fully saturated rings. The van der Waals surface area contributed by atoms with Crippen molar-refractivity contribution in [2.45, 2.75) is 46.3 Å². The average molecular weight is 294 g/mol. The van der Waals surface area contributed by atoms with Crippen molar-refractivity contribution in [1.82, 2.24) is 5.32 Å². The Bertz CT molecular complexity index is 673. The van der Waals surface area contributed by atoms with Crippen molar-refractivity contribution in [3.8, 4) is 0 Å². The Hall–Kier alpha value is -1.80. The van der Waals surface area contributed by atoms with Gasteiger partial charge in [0.05, 0.1) is 0 Å². The molecule has 0 saturated carbocycles. The minimum Gasteiger partial charge on any atom is -0.365 e. The van der Waals surface area contributed by atoms with Gasteiger partial charge in [0.2, 0.25) is 0 Å². The summed E-state index contributed by atoms with van der Waals surface area (Å²) >= 11 is 0. The zero-order chi connectivity index (χ0) is 15.7. The summed E-state index contributed by atoms with van der Waals surface area (Å²) in [4.78, 5) is 2.52. The van der Waals surface area contributed by atoms with Crippen LogP contribution in [-0.4, -0.2) is 12.1 Å². The van der Waals surface area contributed by atoms with Crippen LogP contribution in [-0.2, 0) is 13.1 Å². The molecule has 0 aliphatic carbocycles. The molecule has 3 rings (SSSR count). The first-order valence-corrected chi connectivity index (χ1v) is 8.08. The minimum absolute atomic E-state index is 0.108. The maximum absolute atomic E-state index is 3.69. The van der Waals surface area contributed by atoms with Crippen molar-refractivity contribution in [3.63, 3.8) is 0 Å². The van der Waals surface area contributed by atoms with Gasteiger partial charge in [-0.3, -0.25) is 0 Å². The number of nitrogens with zero attached hydrogens (tertiary/aromatic N) is 1. The molecule has 0 spiro atoms. The minimum atomic E-state index is 0.108. The van der Waals surface area contributed by atoms with E-state index in [0.29, 0.717) is 0 Å². The van der Waals surface area contributed by atoms with E-state index in [2.05, 4.69) is 80.4 Å². The first-order valence-electron chi connectivity index (χ1n) is 8.08. The van der Waals surface area contributed by atoms with Crippen LogP contribution >= 0.6 is 0 Å². The van der Waals surface area contributed by atoms with Crippen molar-refractivity contribution in [2.24, 2.45) is 0 Å². The van der Waals surface area contributed by atoms with Gasteiger partial charge in [-0.05, 0) is 44.9 Å². The summed E-state index contributed by atoms with van der Waals surface area (Å²) in [5, 5.41) is 3.69. The molecule has 22 heavy (non-hydrogen) atoms. The van der Waals surface area contributed by atoms with Gasteiger partial charge in [0.15, 0.2) is 0 Å². The Labute approximate surface area is 134 Å². The molecular weight excluding hydrogens is 268 g/mol. The van der Waals surface area contributed by atoms with Gasteiger partial charge in [-0.15, -0.1) is 0 Å². The van der Waals surface area contributed by atoms with E-state index >= 15 is 0 Å². The fourth-order valence-electron chi connectivity index (χ4n) is 3.29. The van der Waals surface area contributed by atoms with Crippen LogP contribution in [0.2, 0.25) is 0 Å². The predicted octanol–water partition coefficient (Wildman–Crippen LogP) is 4.19. The molecule has 1 N–H and O–H groups in total. The van der Waals surface area contributed by atoms with Gasteiger partial charge < -0.3 is 10.2 Å². The standard InChI is InChI=1S/C20H26N2/c1-15-6-5-7-17(10-15)13-22-14-20(3,4)21-12-18-11-16(2)8-9-19(18)22/h5-11,21H,12-14H2,1-4H3. The number of nitrogens with one attached hydrogen (secondary N) is 1. The van der Waals surface area contributed by atoms with E-state index in [9.17, 15) is 0 Å². The summed E-state index contributed by atoms with van der Waals surface area (Å²) in [6, 6.07) is 15.7. The van der Waals surface area contributed by atoms with Gasteiger partial charge in [0, 0.05) is 30.9 Å². The highest BCUT2D eigenvalue weighted by molar-refractivity contribution is 5.56. The lowest BCUT2D eigenvalue weighted by molar-refractivity contribution is 0.395. The van der Waals surface area contributed by atoms with Crippen molar-refractivity contribution < 1.29 is 0 Å². The van der Waals surface area contributed by atoms with E-state index in [1.165, 1.54) is 27.9 Å². The van der Waals surface area contributed by atoms with E-state index in [4.69, 9.17) is 0 Å². The monoisotopic (exact) mass is 294 g/mol. The van der Waals surface area contributed by atoms with Gasteiger partial charge in [0.1, 0.15) is 0 Å². The Morgan fingerprint density at radius 3 is 2.59 bits per heavy atom. The lowest BCUT2D eigenvalue weighted by Crippen LogP contribution is -2.46. The molecular formula is C20H26N2. The highest BCUT2D eigenvalue weighted by atomic mass is 15.2. The first kappa shape index (κ1) is 15.1. The SMILES string of the molecule is Cc1cccc(CN2CC(C)(C)NCc3cc(C)ccc32)c1. The highest BCUT2D eigenvalue weighted by Gasteiger charge is 2.26. The summed E-state index contributed by atoms with van der Waals surface area (Å²) in [6.45, 7) is 11.8. The topological polar surface area (TPSA) is 15.3 Å². The summed E-state index contributed by atoms with van der Waals surface area (Å²) in [5.41, 5.74) is 6.91. The molecule has 116 valence electrons. The van der Waals surface area contributed by atoms with Crippen molar-refractivity contribution in [2.75, 3.05) is 11.4 Å². The fraction of sp³-hybridized carbons (Fsp3) is 0.400. The van der Waals surface area contributed by atoms with Gasteiger partial charge in [-0.25, -0.2) is 0 Å². The quantitative estimate of drug-likeness (QED) is 0.893. The summed E-state index contributed by atoms with van der Waals surface area (Å²) in [5.74, 6) is 0. The third kappa shape index (κ3) is 3.33. The molecule has 1 aliphatic rings. The van der Waals surface area contributed by atoms with E-state index in [-0.39, 0.29) is 5.54 Å².